The molecule has 20 heavy (non-hydrogen) atoms. The summed E-state index contributed by atoms with van der Waals surface area (Å²) in [5.41, 5.74) is 3.34. The molecule has 0 saturated heterocycles. The van der Waals surface area contributed by atoms with Crippen molar-refractivity contribution in [1.29, 1.82) is 0 Å². The van der Waals surface area contributed by atoms with Gasteiger partial charge in [0.1, 0.15) is 5.75 Å². The third kappa shape index (κ3) is 1.70. The van der Waals surface area contributed by atoms with Crippen LogP contribution in [-0.2, 0) is 6.54 Å². The Kier molecular flexibility index (Phi) is 3.11. The number of fused-ring (bicyclic) bond motifs is 2. The van der Waals surface area contributed by atoms with Gasteiger partial charge < -0.3 is 20.3 Å². The van der Waals surface area contributed by atoms with Crippen LogP contribution in [0.5, 0.6) is 23.0 Å². The maximum absolute atomic E-state index is 9.97. The van der Waals surface area contributed by atoms with Crippen LogP contribution in [0.2, 0.25) is 0 Å². The molecule has 1 atom stereocenters. The molecule has 2 heterocycles. The van der Waals surface area contributed by atoms with Crippen LogP contribution in [0.3, 0.4) is 0 Å². The second-order valence-electron chi connectivity index (χ2n) is 4.97. The van der Waals surface area contributed by atoms with Gasteiger partial charge in [-0.1, -0.05) is 18.2 Å². The van der Waals surface area contributed by atoms with Gasteiger partial charge in [0.25, 0.3) is 0 Å². The molecule has 0 saturated carbocycles. The first-order valence-electron chi connectivity index (χ1n) is 6.31. The molecule has 0 aliphatic carbocycles. The monoisotopic (exact) mass is 335 g/mol. The molecule has 2 aliphatic rings. The molecule has 1 unspecified atom stereocenters. The zero-order valence-electron chi connectivity index (χ0n) is 10.6. The summed E-state index contributed by atoms with van der Waals surface area (Å²) in [6, 6.07) is 9.28. The highest BCUT2D eigenvalue weighted by Gasteiger charge is 2.33. The molecule has 0 spiro atoms. The highest BCUT2D eigenvalue weighted by Crippen LogP contribution is 2.52. The Labute approximate surface area is 126 Å². The summed E-state index contributed by atoms with van der Waals surface area (Å²) >= 11 is 0. The molecular weight excluding hydrogens is 322 g/mol. The fraction of sp³-hybridized carbons (Fsp3) is 0.200. The molecule has 4 rings (SSSR count). The van der Waals surface area contributed by atoms with E-state index in [0.717, 1.165) is 24.4 Å². The van der Waals surface area contributed by atoms with Crippen LogP contribution in [0.1, 0.15) is 22.6 Å². The number of nitrogens with one attached hydrogen (secondary N) is 1. The predicted molar refractivity (Wildman–Crippen MR) is 80.2 cm³/mol. The molecule has 0 radical (unpaired) electrons. The Morgan fingerprint density at radius 2 is 2.00 bits per heavy atom. The minimum Gasteiger partial charge on any atom is -0.504 e. The molecule has 0 fully saturated rings. The van der Waals surface area contributed by atoms with E-state index in [1.54, 1.807) is 0 Å². The number of ether oxygens (including phenoxy) is 1. The Morgan fingerprint density at radius 3 is 2.85 bits per heavy atom. The van der Waals surface area contributed by atoms with E-state index in [9.17, 15) is 10.2 Å². The van der Waals surface area contributed by atoms with Crippen LogP contribution < -0.4 is 10.1 Å². The van der Waals surface area contributed by atoms with Crippen LogP contribution in [0, 0.1) is 0 Å². The smallest absolute Gasteiger partial charge is 0.201 e. The minimum absolute atomic E-state index is 0. The molecule has 3 N–H and O–H groups in total. The van der Waals surface area contributed by atoms with Crippen LogP contribution in [-0.4, -0.2) is 16.8 Å². The summed E-state index contributed by atoms with van der Waals surface area (Å²) in [6.07, 6.45) is 0. The summed E-state index contributed by atoms with van der Waals surface area (Å²) in [4.78, 5) is 0. The zero-order chi connectivity index (χ0) is 13.0. The lowest BCUT2D eigenvalue weighted by atomic mass is 9.82. The highest BCUT2D eigenvalue weighted by atomic mass is 79.9. The summed E-state index contributed by atoms with van der Waals surface area (Å²) in [6.45, 7) is 1.65. The summed E-state index contributed by atoms with van der Waals surface area (Å²) in [5, 5.41) is 23.0. The van der Waals surface area contributed by atoms with Crippen molar-refractivity contribution in [3.8, 4) is 23.0 Å². The van der Waals surface area contributed by atoms with Crippen molar-refractivity contribution in [3.05, 3.63) is 47.0 Å². The number of phenols is 2. The van der Waals surface area contributed by atoms with Gasteiger partial charge in [-0.05, 0) is 17.7 Å². The Balaban J connectivity index is 0.00000121. The van der Waals surface area contributed by atoms with Gasteiger partial charge in [-0.3, -0.25) is 0 Å². The first-order valence-corrected chi connectivity index (χ1v) is 6.31. The van der Waals surface area contributed by atoms with Gasteiger partial charge in [0.05, 0.1) is 0 Å². The Bertz CT molecular complexity index is 687. The van der Waals surface area contributed by atoms with Gasteiger partial charge in [-0.25, -0.2) is 0 Å². The number of aromatic hydroxyl groups is 2. The van der Waals surface area contributed by atoms with Crippen molar-refractivity contribution >= 4 is 17.0 Å². The van der Waals surface area contributed by atoms with Crippen LogP contribution in [0.25, 0.3) is 0 Å². The third-order valence-corrected chi connectivity index (χ3v) is 3.90. The van der Waals surface area contributed by atoms with E-state index in [-0.39, 0.29) is 34.4 Å². The predicted octanol–water partition coefficient (Wildman–Crippen LogP) is 3.02. The van der Waals surface area contributed by atoms with E-state index in [4.69, 9.17) is 4.74 Å². The zero-order valence-corrected chi connectivity index (χ0v) is 12.3. The van der Waals surface area contributed by atoms with Gasteiger partial charge in [-0.2, -0.15) is 0 Å². The van der Waals surface area contributed by atoms with Crippen molar-refractivity contribution in [3.63, 3.8) is 0 Å². The lowest BCUT2D eigenvalue weighted by molar-refractivity contribution is 0.357. The number of rotatable bonds is 0. The number of hydrogen-bond donors (Lipinski definition) is 3. The second kappa shape index (κ2) is 4.68. The Hall–Kier alpha value is -1.72. The molecule has 5 heteroatoms. The summed E-state index contributed by atoms with van der Waals surface area (Å²) in [7, 11) is 0. The van der Waals surface area contributed by atoms with Gasteiger partial charge in [0.15, 0.2) is 11.5 Å². The van der Waals surface area contributed by atoms with Crippen molar-refractivity contribution in [1.82, 2.24) is 5.32 Å². The molecule has 104 valence electrons. The fourth-order valence-corrected chi connectivity index (χ4v) is 3.01. The largest absolute Gasteiger partial charge is 0.504 e. The molecular formula is C15H14BrNO3. The topological polar surface area (TPSA) is 61.7 Å². The van der Waals surface area contributed by atoms with Crippen molar-refractivity contribution < 1.29 is 14.9 Å². The van der Waals surface area contributed by atoms with Crippen LogP contribution >= 0.6 is 17.0 Å². The molecule has 0 amide bonds. The lowest BCUT2D eigenvalue weighted by Crippen LogP contribution is -2.30. The fourth-order valence-electron chi connectivity index (χ4n) is 3.01. The first-order chi connectivity index (χ1) is 9.25. The van der Waals surface area contributed by atoms with Gasteiger partial charge in [-0.15, -0.1) is 17.0 Å². The van der Waals surface area contributed by atoms with Crippen molar-refractivity contribution in [2.75, 3.05) is 6.54 Å². The third-order valence-electron chi connectivity index (χ3n) is 3.90. The van der Waals surface area contributed by atoms with E-state index in [2.05, 4.69) is 11.4 Å². The maximum Gasteiger partial charge on any atom is 0.201 e. The van der Waals surface area contributed by atoms with Crippen molar-refractivity contribution in [2.24, 2.45) is 0 Å². The van der Waals surface area contributed by atoms with E-state index in [1.807, 2.05) is 18.2 Å². The minimum atomic E-state index is -0.181. The van der Waals surface area contributed by atoms with Gasteiger partial charge in [0.2, 0.25) is 5.75 Å². The van der Waals surface area contributed by atoms with Crippen molar-refractivity contribution in [2.45, 2.75) is 12.5 Å². The quantitative estimate of drug-likeness (QED) is 0.647. The van der Waals surface area contributed by atoms with Crippen LogP contribution in [0.15, 0.2) is 30.3 Å². The van der Waals surface area contributed by atoms with E-state index in [1.165, 1.54) is 17.2 Å². The maximum atomic E-state index is 9.97. The average molecular weight is 336 g/mol. The van der Waals surface area contributed by atoms with Gasteiger partial charge in [0, 0.05) is 30.1 Å². The number of hydrogen-bond acceptors (Lipinski definition) is 4. The van der Waals surface area contributed by atoms with E-state index < -0.39 is 0 Å². The van der Waals surface area contributed by atoms with E-state index in [0.29, 0.717) is 5.75 Å². The molecule has 2 aromatic carbocycles. The number of phenolic OH excluding ortho intramolecular Hbond substituents is 2. The standard InChI is InChI=1S/C15H13NO3.BrH/c17-11-5-4-9-10-7-16-6-8-2-1-3-12(13(8)10)19-15(9)14(11)18;/h1-5,10,16-18H,6-7H2;1H. The summed E-state index contributed by atoms with van der Waals surface area (Å²) < 4.78 is 5.80. The molecule has 2 aliphatic heterocycles. The lowest BCUT2D eigenvalue weighted by Gasteiger charge is -2.34. The Morgan fingerprint density at radius 1 is 1.15 bits per heavy atom. The molecule has 2 aromatic rings. The molecule has 4 nitrogen and oxygen atoms in total. The number of halogens is 1. The summed E-state index contributed by atoms with van der Waals surface area (Å²) in [5.74, 6) is 0.979. The highest BCUT2D eigenvalue weighted by molar-refractivity contribution is 8.93. The normalized spacial score (nSPS) is 18.3. The molecule has 0 bridgehead atoms. The number of benzene rings is 2. The first kappa shape index (κ1) is 13.3. The molecule has 0 aromatic heterocycles. The van der Waals surface area contributed by atoms with Gasteiger partial charge >= 0.3 is 0 Å². The second-order valence-corrected chi connectivity index (χ2v) is 4.97. The van der Waals surface area contributed by atoms with Crippen LogP contribution in [0.4, 0.5) is 0 Å². The SMILES string of the molecule is Br.Oc1ccc2c(c1O)Oc1cccc3c1C2CNC3. The van der Waals surface area contributed by atoms with E-state index >= 15 is 0 Å². The average Bonchev–Trinajstić information content (AvgIpc) is 2.44.